The first-order valence-electron chi connectivity index (χ1n) is 12.8. The maximum Gasteiger partial charge on any atom is 0.244 e. The van der Waals surface area contributed by atoms with Crippen molar-refractivity contribution in [1.29, 1.82) is 0 Å². The molecule has 1 aromatic rings. The van der Waals surface area contributed by atoms with Crippen molar-refractivity contribution in [3.63, 3.8) is 0 Å². The van der Waals surface area contributed by atoms with Crippen molar-refractivity contribution in [1.82, 2.24) is 26.2 Å². The van der Waals surface area contributed by atoms with Gasteiger partial charge in [0.1, 0.15) is 12.1 Å². The molecule has 0 aliphatic heterocycles. The first kappa shape index (κ1) is 29.0. The molecule has 4 atom stereocenters. The maximum absolute atomic E-state index is 13.3. The Morgan fingerprint density at radius 1 is 1.03 bits per heavy atom. The molecule has 1 aliphatic rings. The molecule has 0 heterocycles. The van der Waals surface area contributed by atoms with Gasteiger partial charge in [0.05, 0.1) is 0 Å². The summed E-state index contributed by atoms with van der Waals surface area (Å²) in [6.07, 6.45) is 4.44. The van der Waals surface area contributed by atoms with Crippen molar-refractivity contribution in [3.05, 3.63) is 35.9 Å². The highest BCUT2D eigenvalue weighted by atomic mass is 32.1. The Bertz CT molecular complexity index is 838. The number of hydrogen-bond donors (Lipinski definition) is 4. The zero-order chi connectivity index (χ0) is 26.2. The Morgan fingerprint density at radius 3 is 2.17 bits per heavy atom. The Morgan fingerprint density at radius 2 is 1.63 bits per heavy atom. The first-order valence-corrected chi connectivity index (χ1v) is 13.2. The molecule has 2 rings (SSSR count). The SMILES string of the molecule is CC(C)C(NC(=O)C(NC(=S)N[C@@H]1CCCC[C@H]1NCc1ccccc1)C(C)(C)C)C(=O)N(C)C. The average Bonchev–Trinajstić information content (AvgIpc) is 2.79. The molecule has 196 valence electrons. The molecule has 0 bridgehead atoms. The van der Waals surface area contributed by atoms with Crippen LogP contribution in [0.2, 0.25) is 0 Å². The number of amides is 2. The zero-order valence-electron chi connectivity index (χ0n) is 22.5. The Balaban J connectivity index is 2.03. The predicted octanol–water partition coefficient (Wildman–Crippen LogP) is 3.20. The molecule has 1 fully saturated rings. The Kier molecular flexibility index (Phi) is 11.0. The van der Waals surface area contributed by atoms with Gasteiger partial charge in [0.25, 0.3) is 0 Å². The number of nitrogens with zero attached hydrogens (tertiary/aromatic N) is 1. The molecule has 0 radical (unpaired) electrons. The highest BCUT2D eigenvalue weighted by Gasteiger charge is 2.36. The lowest BCUT2D eigenvalue weighted by molar-refractivity contribution is -0.136. The minimum Gasteiger partial charge on any atom is -0.358 e. The molecular weight excluding hydrogens is 458 g/mol. The van der Waals surface area contributed by atoms with Crippen molar-refractivity contribution in [2.24, 2.45) is 11.3 Å². The molecule has 35 heavy (non-hydrogen) atoms. The molecule has 0 aromatic heterocycles. The van der Waals surface area contributed by atoms with Gasteiger partial charge in [0.2, 0.25) is 11.8 Å². The molecule has 0 saturated heterocycles. The van der Waals surface area contributed by atoms with E-state index in [1.54, 1.807) is 14.1 Å². The summed E-state index contributed by atoms with van der Waals surface area (Å²) in [5, 5.41) is 13.9. The summed E-state index contributed by atoms with van der Waals surface area (Å²) < 4.78 is 0. The summed E-state index contributed by atoms with van der Waals surface area (Å²) >= 11 is 5.68. The Labute approximate surface area is 217 Å². The van der Waals surface area contributed by atoms with Gasteiger partial charge in [-0.25, -0.2) is 0 Å². The lowest BCUT2D eigenvalue weighted by atomic mass is 9.85. The van der Waals surface area contributed by atoms with Crippen LogP contribution in [0, 0.1) is 11.3 Å². The van der Waals surface area contributed by atoms with Crippen molar-refractivity contribution in [2.45, 2.75) is 91.0 Å². The Hall–Kier alpha value is -2.19. The van der Waals surface area contributed by atoms with Crippen LogP contribution in [0.1, 0.15) is 65.9 Å². The van der Waals surface area contributed by atoms with Crippen LogP contribution in [0.3, 0.4) is 0 Å². The number of carbonyl (C=O) groups excluding carboxylic acids is 2. The van der Waals surface area contributed by atoms with Gasteiger partial charge in [-0.15, -0.1) is 0 Å². The molecule has 2 amide bonds. The number of hydrogen-bond acceptors (Lipinski definition) is 4. The molecular formula is C27H45N5O2S. The van der Waals surface area contributed by atoms with Crippen molar-refractivity contribution in [3.8, 4) is 0 Å². The van der Waals surface area contributed by atoms with E-state index in [9.17, 15) is 9.59 Å². The van der Waals surface area contributed by atoms with Crippen LogP contribution in [-0.4, -0.2) is 60.1 Å². The summed E-state index contributed by atoms with van der Waals surface area (Å²) in [7, 11) is 3.41. The summed E-state index contributed by atoms with van der Waals surface area (Å²) in [5.41, 5.74) is 0.852. The summed E-state index contributed by atoms with van der Waals surface area (Å²) in [6.45, 7) is 10.7. The molecule has 8 heteroatoms. The third kappa shape index (κ3) is 9.08. The van der Waals surface area contributed by atoms with E-state index >= 15 is 0 Å². The smallest absolute Gasteiger partial charge is 0.244 e. The third-order valence-corrected chi connectivity index (χ3v) is 6.80. The van der Waals surface area contributed by atoms with Crippen LogP contribution >= 0.6 is 12.2 Å². The van der Waals surface area contributed by atoms with Crippen LogP contribution in [0.4, 0.5) is 0 Å². The molecule has 7 nitrogen and oxygen atoms in total. The van der Waals surface area contributed by atoms with Gasteiger partial charge < -0.3 is 26.2 Å². The second-order valence-electron chi connectivity index (χ2n) is 11.2. The van der Waals surface area contributed by atoms with Gasteiger partial charge in [-0.1, -0.05) is 77.8 Å². The number of carbonyl (C=O) groups is 2. The minimum atomic E-state index is -0.587. The van der Waals surface area contributed by atoms with Crippen LogP contribution in [0.25, 0.3) is 0 Å². The van der Waals surface area contributed by atoms with Crippen LogP contribution < -0.4 is 21.3 Å². The lowest BCUT2D eigenvalue weighted by Crippen LogP contribution is -2.61. The molecule has 1 aliphatic carbocycles. The number of thiocarbonyl (C=S) groups is 1. The largest absolute Gasteiger partial charge is 0.358 e. The van der Waals surface area contributed by atoms with E-state index < -0.39 is 17.5 Å². The van der Waals surface area contributed by atoms with E-state index in [0.29, 0.717) is 11.2 Å². The van der Waals surface area contributed by atoms with Crippen molar-refractivity contribution >= 4 is 29.1 Å². The molecule has 2 unspecified atom stereocenters. The third-order valence-electron chi connectivity index (χ3n) is 6.57. The number of benzene rings is 1. The van der Waals surface area contributed by atoms with E-state index in [0.717, 1.165) is 25.8 Å². The van der Waals surface area contributed by atoms with Gasteiger partial charge in [-0.3, -0.25) is 9.59 Å². The van der Waals surface area contributed by atoms with Gasteiger partial charge in [-0.2, -0.15) is 0 Å². The van der Waals surface area contributed by atoms with Gasteiger partial charge in [0.15, 0.2) is 5.11 Å². The highest BCUT2D eigenvalue weighted by molar-refractivity contribution is 7.80. The van der Waals surface area contributed by atoms with E-state index in [1.807, 2.05) is 40.7 Å². The zero-order valence-corrected chi connectivity index (χ0v) is 23.3. The standard InChI is InChI=1S/C27H45N5O2S/c1-18(2)22(25(34)32(6)7)30-24(33)23(27(3,4)5)31-26(35)29-21-16-12-11-15-20(21)28-17-19-13-9-8-10-14-19/h8-10,13-14,18,20-23,28H,11-12,15-17H2,1-7H3,(H,30,33)(H2,29,31,35)/t20-,21-,22?,23?/m1/s1. The van der Waals surface area contributed by atoms with Crippen LogP contribution in [-0.2, 0) is 16.1 Å². The summed E-state index contributed by atoms with van der Waals surface area (Å²) in [4.78, 5) is 27.5. The monoisotopic (exact) mass is 503 g/mol. The fourth-order valence-corrected chi connectivity index (χ4v) is 4.71. The number of nitrogens with one attached hydrogen (secondary N) is 4. The minimum absolute atomic E-state index is 0.0294. The lowest BCUT2D eigenvalue weighted by Gasteiger charge is -2.37. The van der Waals surface area contributed by atoms with E-state index in [-0.39, 0.29) is 23.8 Å². The maximum atomic E-state index is 13.3. The second-order valence-corrected chi connectivity index (χ2v) is 11.7. The van der Waals surface area contributed by atoms with Crippen LogP contribution in [0.5, 0.6) is 0 Å². The molecule has 1 saturated carbocycles. The van der Waals surface area contributed by atoms with Gasteiger partial charge in [-0.05, 0) is 42.0 Å². The van der Waals surface area contributed by atoms with E-state index in [2.05, 4.69) is 45.5 Å². The normalized spacial score (nSPS) is 20.0. The second kappa shape index (κ2) is 13.2. The average molecular weight is 504 g/mol. The van der Waals surface area contributed by atoms with Gasteiger partial charge in [0, 0.05) is 32.7 Å². The number of rotatable bonds is 9. The molecule has 1 aromatic carbocycles. The van der Waals surface area contributed by atoms with E-state index in [1.165, 1.54) is 16.9 Å². The van der Waals surface area contributed by atoms with Crippen molar-refractivity contribution < 1.29 is 9.59 Å². The summed E-state index contributed by atoms with van der Waals surface area (Å²) in [5.74, 6) is -0.368. The fourth-order valence-electron chi connectivity index (χ4n) is 4.44. The first-order chi connectivity index (χ1) is 16.4. The topological polar surface area (TPSA) is 85.5 Å². The van der Waals surface area contributed by atoms with Gasteiger partial charge >= 0.3 is 0 Å². The summed E-state index contributed by atoms with van der Waals surface area (Å²) in [6, 6.07) is 9.71. The van der Waals surface area contributed by atoms with Crippen molar-refractivity contribution in [2.75, 3.05) is 14.1 Å². The number of likely N-dealkylation sites (N-methyl/N-ethyl adjacent to an activating group) is 1. The molecule has 0 spiro atoms. The molecule has 4 N–H and O–H groups in total. The van der Waals surface area contributed by atoms with E-state index in [4.69, 9.17) is 12.2 Å². The fraction of sp³-hybridized carbons (Fsp3) is 0.667. The highest BCUT2D eigenvalue weighted by Crippen LogP contribution is 2.22. The predicted molar refractivity (Wildman–Crippen MR) is 147 cm³/mol. The quantitative estimate of drug-likeness (QED) is 0.387. The van der Waals surface area contributed by atoms with Crippen LogP contribution in [0.15, 0.2) is 30.3 Å².